The summed E-state index contributed by atoms with van der Waals surface area (Å²) in [6.07, 6.45) is 4.04. The Kier molecular flexibility index (Phi) is 7.82. The number of amides is 2. The van der Waals surface area contributed by atoms with E-state index in [2.05, 4.69) is 46.5 Å². The van der Waals surface area contributed by atoms with Crippen molar-refractivity contribution in [2.24, 2.45) is 5.92 Å². The molecule has 2 aromatic rings. The largest absolute Gasteiger partial charge is 0.325 e. The molecule has 1 aliphatic rings. The lowest BCUT2D eigenvalue weighted by molar-refractivity contribution is -0.121. The van der Waals surface area contributed by atoms with Gasteiger partial charge in [-0.15, -0.1) is 0 Å². The number of hydrogen-bond donors (Lipinski definition) is 2. The van der Waals surface area contributed by atoms with E-state index in [1.54, 1.807) is 12.1 Å². The van der Waals surface area contributed by atoms with Crippen LogP contribution in [-0.2, 0) is 9.59 Å². The van der Waals surface area contributed by atoms with Gasteiger partial charge in [0.05, 0.1) is 11.6 Å². The summed E-state index contributed by atoms with van der Waals surface area (Å²) in [5.41, 5.74) is 2.10. The van der Waals surface area contributed by atoms with Crippen molar-refractivity contribution < 1.29 is 9.59 Å². The maximum atomic E-state index is 12.4. The average Bonchev–Trinajstić information content (AvgIpc) is 2.75. The number of aromatic nitrogens is 1. The van der Waals surface area contributed by atoms with Gasteiger partial charge in [0.25, 0.3) is 0 Å². The van der Waals surface area contributed by atoms with Crippen molar-refractivity contribution in [1.29, 1.82) is 0 Å². The van der Waals surface area contributed by atoms with Crippen LogP contribution in [0.4, 0.5) is 11.5 Å². The van der Waals surface area contributed by atoms with Gasteiger partial charge in [-0.05, 0) is 68.1 Å². The van der Waals surface area contributed by atoms with E-state index in [-0.39, 0.29) is 17.7 Å². The number of anilines is 2. The van der Waals surface area contributed by atoms with Gasteiger partial charge < -0.3 is 10.6 Å². The number of pyridine rings is 1. The molecule has 0 spiro atoms. The maximum absolute atomic E-state index is 12.4. The first-order valence-corrected chi connectivity index (χ1v) is 10.9. The van der Waals surface area contributed by atoms with E-state index in [0.717, 1.165) is 24.9 Å². The van der Waals surface area contributed by atoms with Crippen LogP contribution in [0.2, 0.25) is 5.02 Å². The predicted molar refractivity (Wildman–Crippen MR) is 121 cm³/mol. The van der Waals surface area contributed by atoms with Gasteiger partial charge in [-0.25, -0.2) is 4.98 Å². The Hall–Kier alpha value is -2.44. The molecule has 160 valence electrons. The molecular formula is C23H29ClN4O2. The first-order chi connectivity index (χ1) is 14.4. The zero-order chi connectivity index (χ0) is 21.5. The zero-order valence-electron chi connectivity index (χ0n) is 17.5. The van der Waals surface area contributed by atoms with Crippen molar-refractivity contribution in [3.63, 3.8) is 0 Å². The molecule has 1 fully saturated rings. The normalized spacial score (nSPS) is 16.1. The highest BCUT2D eigenvalue weighted by atomic mass is 35.5. The molecule has 2 N–H and O–H groups in total. The van der Waals surface area contributed by atoms with Crippen LogP contribution in [0.3, 0.4) is 0 Å². The lowest BCUT2D eigenvalue weighted by atomic mass is 9.96. The molecule has 1 aromatic carbocycles. The molecule has 3 rings (SSSR count). The Balaban J connectivity index is 1.42. The lowest BCUT2D eigenvalue weighted by Gasteiger charge is -2.30. The topological polar surface area (TPSA) is 74.3 Å². The third-order valence-electron chi connectivity index (χ3n) is 5.68. The van der Waals surface area contributed by atoms with Gasteiger partial charge in [0, 0.05) is 17.8 Å². The van der Waals surface area contributed by atoms with Crippen molar-refractivity contribution >= 4 is 34.9 Å². The molecule has 2 heterocycles. The van der Waals surface area contributed by atoms with E-state index in [1.165, 1.54) is 11.8 Å². The minimum absolute atomic E-state index is 0.0282. The summed E-state index contributed by atoms with van der Waals surface area (Å²) >= 11 is 5.82. The van der Waals surface area contributed by atoms with Gasteiger partial charge >= 0.3 is 0 Å². The predicted octanol–water partition coefficient (Wildman–Crippen LogP) is 4.54. The number of hydrogen-bond acceptors (Lipinski definition) is 4. The second kappa shape index (κ2) is 10.5. The lowest BCUT2D eigenvalue weighted by Crippen LogP contribution is -2.41. The molecule has 1 aromatic heterocycles. The molecule has 30 heavy (non-hydrogen) atoms. The van der Waals surface area contributed by atoms with E-state index in [0.29, 0.717) is 36.4 Å². The Morgan fingerprint density at radius 2 is 1.83 bits per heavy atom. The van der Waals surface area contributed by atoms with Crippen LogP contribution in [0.15, 0.2) is 42.6 Å². The van der Waals surface area contributed by atoms with Crippen LogP contribution in [-0.4, -0.2) is 41.3 Å². The number of nitrogens with zero attached hydrogens (tertiary/aromatic N) is 2. The van der Waals surface area contributed by atoms with Crippen LogP contribution in [0.5, 0.6) is 0 Å². The molecule has 2 amide bonds. The quantitative estimate of drug-likeness (QED) is 0.679. The van der Waals surface area contributed by atoms with Crippen LogP contribution in [0, 0.1) is 5.92 Å². The SMILES string of the molecule is CCC(C)c1ccc(NC(=O)CN2CCC(C(=O)Nc3ccc(Cl)cn3)CC2)cc1. The number of carbonyl (C=O) groups excluding carboxylic acids is 2. The van der Waals surface area contributed by atoms with Gasteiger partial charge in [-0.1, -0.05) is 37.6 Å². The van der Waals surface area contributed by atoms with Crippen LogP contribution < -0.4 is 10.6 Å². The summed E-state index contributed by atoms with van der Waals surface area (Å²) in [5, 5.41) is 6.34. The van der Waals surface area contributed by atoms with E-state index in [9.17, 15) is 9.59 Å². The Labute approximate surface area is 183 Å². The first kappa shape index (κ1) is 22.2. The summed E-state index contributed by atoms with van der Waals surface area (Å²) in [7, 11) is 0. The number of benzene rings is 1. The molecule has 0 saturated carbocycles. The van der Waals surface area contributed by atoms with Crippen molar-refractivity contribution in [1.82, 2.24) is 9.88 Å². The van der Waals surface area contributed by atoms with Crippen molar-refractivity contribution in [2.75, 3.05) is 30.3 Å². The molecule has 1 saturated heterocycles. The Bertz CT molecular complexity index is 847. The molecule has 1 atom stereocenters. The highest BCUT2D eigenvalue weighted by Crippen LogP contribution is 2.21. The van der Waals surface area contributed by atoms with Crippen molar-refractivity contribution in [3.05, 3.63) is 53.2 Å². The minimum Gasteiger partial charge on any atom is -0.325 e. The number of halogens is 1. The third kappa shape index (κ3) is 6.28. The molecule has 1 aliphatic heterocycles. The fourth-order valence-electron chi connectivity index (χ4n) is 3.57. The van der Waals surface area contributed by atoms with Gasteiger partial charge in [0.1, 0.15) is 5.82 Å². The third-order valence-corrected chi connectivity index (χ3v) is 5.90. The molecule has 7 heteroatoms. The van der Waals surface area contributed by atoms with E-state index < -0.39 is 0 Å². The molecule has 1 unspecified atom stereocenters. The van der Waals surface area contributed by atoms with Crippen molar-refractivity contribution in [3.8, 4) is 0 Å². The summed E-state index contributed by atoms with van der Waals surface area (Å²) in [6, 6.07) is 11.5. The monoisotopic (exact) mass is 428 g/mol. The smallest absolute Gasteiger partial charge is 0.238 e. The summed E-state index contributed by atoms with van der Waals surface area (Å²) in [5.74, 6) is 0.888. The van der Waals surface area contributed by atoms with Gasteiger partial charge in [-0.2, -0.15) is 0 Å². The molecule has 0 radical (unpaired) electrons. The number of carbonyl (C=O) groups is 2. The molecular weight excluding hydrogens is 400 g/mol. The van der Waals surface area contributed by atoms with Gasteiger partial charge in [0.15, 0.2) is 0 Å². The molecule has 0 aliphatic carbocycles. The maximum Gasteiger partial charge on any atom is 0.238 e. The van der Waals surface area contributed by atoms with Gasteiger partial charge in [-0.3, -0.25) is 14.5 Å². The second-order valence-corrected chi connectivity index (χ2v) is 8.32. The summed E-state index contributed by atoms with van der Waals surface area (Å²) < 4.78 is 0. The van der Waals surface area contributed by atoms with E-state index in [1.807, 2.05) is 12.1 Å². The second-order valence-electron chi connectivity index (χ2n) is 7.88. The van der Waals surface area contributed by atoms with Crippen molar-refractivity contribution in [2.45, 2.75) is 39.0 Å². The highest BCUT2D eigenvalue weighted by Gasteiger charge is 2.26. The summed E-state index contributed by atoms with van der Waals surface area (Å²) in [6.45, 7) is 6.13. The number of likely N-dealkylation sites (tertiary alicyclic amines) is 1. The van der Waals surface area contributed by atoms with E-state index >= 15 is 0 Å². The Morgan fingerprint density at radius 1 is 1.13 bits per heavy atom. The van der Waals surface area contributed by atoms with Gasteiger partial charge in [0.2, 0.25) is 11.8 Å². The molecule has 0 bridgehead atoms. The fraction of sp³-hybridized carbons (Fsp3) is 0.435. The zero-order valence-corrected chi connectivity index (χ0v) is 18.3. The molecule has 6 nitrogen and oxygen atoms in total. The highest BCUT2D eigenvalue weighted by molar-refractivity contribution is 6.30. The number of rotatable bonds is 7. The minimum atomic E-state index is -0.0742. The Morgan fingerprint density at radius 3 is 2.43 bits per heavy atom. The average molecular weight is 429 g/mol. The first-order valence-electron chi connectivity index (χ1n) is 10.5. The van der Waals surface area contributed by atoms with Crippen LogP contribution in [0.1, 0.15) is 44.6 Å². The van der Waals surface area contributed by atoms with Crippen LogP contribution in [0.25, 0.3) is 0 Å². The van der Waals surface area contributed by atoms with Crippen LogP contribution >= 0.6 is 11.6 Å². The van der Waals surface area contributed by atoms with E-state index in [4.69, 9.17) is 11.6 Å². The number of piperidine rings is 1. The fourth-order valence-corrected chi connectivity index (χ4v) is 3.68. The summed E-state index contributed by atoms with van der Waals surface area (Å²) in [4.78, 5) is 31.0. The number of nitrogens with one attached hydrogen (secondary N) is 2. The standard InChI is InChI=1S/C23H29ClN4O2/c1-3-16(2)17-4-7-20(8-5-17)26-22(29)15-28-12-10-18(11-13-28)23(30)27-21-9-6-19(24)14-25-21/h4-9,14,16,18H,3,10-13,15H2,1-2H3,(H,26,29)(H,25,27,30).